The van der Waals surface area contributed by atoms with E-state index in [0.29, 0.717) is 18.9 Å². The Morgan fingerprint density at radius 3 is 2.47 bits per heavy atom. The van der Waals surface area contributed by atoms with Crippen LogP contribution in [0.15, 0.2) is 0 Å². The minimum absolute atomic E-state index is 0.120. The molecule has 110 valence electrons. The van der Waals surface area contributed by atoms with Gasteiger partial charge in [0, 0.05) is 19.0 Å². The number of nitrogens with zero attached hydrogens (tertiary/aromatic N) is 1. The summed E-state index contributed by atoms with van der Waals surface area (Å²) in [5.41, 5.74) is 0. The van der Waals surface area contributed by atoms with Crippen LogP contribution in [-0.4, -0.2) is 34.5 Å². The van der Waals surface area contributed by atoms with Crippen LogP contribution in [-0.2, 0) is 9.59 Å². The first-order valence-electron chi connectivity index (χ1n) is 7.49. The van der Waals surface area contributed by atoms with E-state index in [9.17, 15) is 9.59 Å². The first-order valence-corrected chi connectivity index (χ1v) is 7.49. The molecule has 1 fully saturated rings. The molecule has 4 nitrogen and oxygen atoms in total. The highest BCUT2D eigenvalue weighted by Crippen LogP contribution is 2.29. The zero-order valence-electron chi connectivity index (χ0n) is 12.4. The Labute approximate surface area is 116 Å². The molecule has 1 aliphatic rings. The molecule has 1 amide bonds. The Morgan fingerprint density at radius 1 is 1.32 bits per heavy atom. The minimum atomic E-state index is -0.822. The van der Waals surface area contributed by atoms with Gasteiger partial charge in [-0.3, -0.25) is 9.59 Å². The number of carboxylic acid groups (broad SMARTS) is 1. The molecule has 0 saturated heterocycles. The highest BCUT2D eigenvalue weighted by Gasteiger charge is 2.31. The zero-order valence-corrected chi connectivity index (χ0v) is 12.4. The summed E-state index contributed by atoms with van der Waals surface area (Å²) in [4.78, 5) is 25.2. The van der Waals surface area contributed by atoms with Crippen LogP contribution < -0.4 is 0 Å². The Morgan fingerprint density at radius 2 is 1.95 bits per heavy atom. The predicted octanol–water partition coefficient (Wildman–Crippen LogP) is 2.91. The van der Waals surface area contributed by atoms with Gasteiger partial charge < -0.3 is 10.0 Å². The van der Waals surface area contributed by atoms with E-state index in [4.69, 9.17) is 5.11 Å². The van der Waals surface area contributed by atoms with Crippen molar-refractivity contribution in [3.63, 3.8) is 0 Å². The molecule has 1 saturated carbocycles. The highest BCUT2D eigenvalue weighted by molar-refractivity contribution is 5.77. The number of aliphatic carboxylic acids is 1. The second kappa shape index (κ2) is 7.51. The lowest BCUT2D eigenvalue weighted by Gasteiger charge is -2.39. The van der Waals surface area contributed by atoms with Crippen molar-refractivity contribution < 1.29 is 14.7 Å². The van der Waals surface area contributed by atoms with E-state index in [1.807, 2.05) is 11.8 Å². The summed E-state index contributed by atoms with van der Waals surface area (Å²) in [5, 5.41) is 9.07. The van der Waals surface area contributed by atoms with E-state index < -0.39 is 11.9 Å². The molecule has 0 aromatic carbocycles. The van der Waals surface area contributed by atoms with Crippen LogP contribution in [0.25, 0.3) is 0 Å². The fourth-order valence-electron chi connectivity index (χ4n) is 2.91. The van der Waals surface area contributed by atoms with Crippen molar-refractivity contribution in [3.8, 4) is 0 Å². The summed E-state index contributed by atoms with van der Waals surface area (Å²) in [6.07, 6.45) is 5.87. The van der Waals surface area contributed by atoms with E-state index >= 15 is 0 Å². The number of hydrogen-bond acceptors (Lipinski definition) is 2. The van der Waals surface area contributed by atoms with Crippen molar-refractivity contribution in [2.75, 3.05) is 6.54 Å². The van der Waals surface area contributed by atoms with Crippen LogP contribution in [0.5, 0.6) is 0 Å². The molecule has 3 unspecified atom stereocenters. The van der Waals surface area contributed by atoms with Crippen LogP contribution in [0.4, 0.5) is 0 Å². The van der Waals surface area contributed by atoms with Crippen molar-refractivity contribution >= 4 is 11.9 Å². The molecule has 0 aromatic rings. The molecule has 0 spiro atoms. The molecule has 0 aromatic heterocycles. The number of carbonyl (C=O) groups is 2. The summed E-state index contributed by atoms with van der Waals surface area (Å²) < 4.78 is 0. The first kappa shape index (κ1) is 16.0. The lowest BCUT2D eigenvalue weighted by Crippen LogP contribution is -2.48. The van der Waals surface area contributed by atoms with Gasteiger partial charge in [0.05, 0.1) is 5.92 Å². The standard InChI is InChI=1S/C15H27NO3/c1-4-7-14(17)16(10-12(3)15(18)19)13-9-6-5-8-11(13)2/h11-13H,4-10H2,1-3H3,(H,18,19). The first-order chi connectivity index (χ1) is 8.97. The number of amides is 1. The van der Waals surface area contributed by atoms with Gasteiger partial charge in [0.1, 0.15) is 0 Å². The van der Waals surface area contributed by atoms with Crippen molar-refractivity contribution in [2.45, 2.75) is 65.3 Å². The predicted molar refractivity (Wildman–Crippen MR) is 74.8 cm³/mol. The average Bonchev–Trinajstić information content (AvgIpc) is 2.36. The van der Waals surface area contributed by atoms with Crippen molar-refractivity contribution in [3.05, 3.63) is 0 Å². The van der Waals surface area contributed by atoms with Crippen molar-refractivity contribution in [2.24, 2.45) is 11.8 Å². The Hall–Kier alpha value is -1.06. The topological polar surface area (TPSA) is 57.6 Å². The molecule has 1 N–H and O–H groups in total. The molecule has 0 aliphatic heterocycles. The molecule has 3 atom stereocenters. The van der Waals surface area contributed by atoms with Crippen LogP contribution in [0, 0.1) is 11.8 Å². The van der Waals surface area contributed by atoms with Gasteiger partial charge in [0.2, 0.25) is 5.91 Å². The van der Waals surface area contributed by atoms with Gasteiger partial charge in [-0.25, -0.2) is 0 Å². The lowest BCUT2D eigenvalue weighted by molar-refractivity contribution is -0.144. The number of hydrogen-bond donors (Lipinski definition) is 1. The molecule has 1 aliphatic carbocycles. The molecule has 19 heavy (non-hydrogen) atoms. The van der Waals surface area contributed by atoms with Gasteiger partial charge in [-0.1, -0.05) is 33.6 Å². The van der Waals surface area contributed by atoms with Gasteiger partial charge in [-0.2, -0.15) is 0 Å². The minimum Gasteiger partial charge on any atom is -0.481 e. The third-order valence-corrected chi connectivity index (χ3v) is 4.14. The maximum absolute atomic E-state index is 12.3. The molecule has 0 heterocycles. The fraction of sp³-hybridized carbons (Fsp3) is 0.867. The second-order valence-corrected chi connectivity index (χ2v) is 5.86. The van der Waals surface area contributed by atoms with Gasteiger partial charge in [0.15, 0.2) is 0 Å². The van der Waals surface area contributed by atoms with Gasteiger partial charge in [0.25, 0.3) is 0 Å². The Balaban J connectivity index is 2.78. The molecule has 0 bridgehead atoms. The summed E-state index contributed by atoms with van der Waals surface area (Å²) >= 11 is 0. The van der Waals surface area contributed by atoms with E-state index in [2.05, 4.69) is 6.92 Å². The van der Waals surface area contributed by atoms with Gasteiger partial charge in [-0.05, 0) is 25.2 Å². The van der Waals surface area contributed by atoms with Crippen LogP contribution in [0.2, 0.25) is 0 Å². The summed E-state index contributed by atoms with van der Waals surface area (Å²) in [6, 6.07) is 0.231. The van der Waals surface area contributed by atoms with Gasteiger partial charge in [-0.15, -0.1) is 0 Å². The third kappa shape index (κ3) is 4.51. The second-order valence-electron chi connectivity index (χ2n) is 5.86. The number of carboxylic acids is 1. The normalized spacial score (nSPS) is 24.8. The quantitative estimate of drug-likeness (QED) is 0.806. The molecule has 4 heteroatoms. The monoisotopic (exact) mass is 269 g/mol. The summed E-state index contributed by atoms with van der Waals surface area (Å²) in [6.45, 7) is 6.20. The van der Waals surface area contributed by atoms with E-state index in [1.165, 1.54) is 6.42 Å². The Kier molecular flexibility index (Phi) is 6.32. The maximum Gasteiger partial charge on any atom is 0.308 e. The van der Waals surface area contributed by atoms with E-state index in [0.717, 1.165) is 25.7 Å². The van der Waals surface area contributed by atoms with Crippen molar-refractivity contribution in [1.29, 1.82) is 0 Å². The maximum atomic E-state index is 12.3. The van der Waals surface area contributed by atoms with Gasteiger partial charge >= 0.3 is 5.97 Å². The van der Waals surface area contributed by atoms with Crippen molar-refractivity contribution in [1.82, 2.24) is 4.90 Å². The molecule has 0 radical (unpaired) electrons. The largest absolute Gasteiger partial charge is 0.481 e. The zero-order chi connectivity index (χ0) is 14.4. The summed E-state index contributed by atoms with van der Waals surface area (Å²) in [5.74, 6) is -0.711. The summed E-state index contributed by atoms with van der Waals surface area (Å²) in [7, 11) is 0. The smallest absolute Gasteiger partial charge is 0.308 e. The fourth-order valence-corrected chi connectivity index (χ4v) is 2.91. The lowest BCUT2D eigenvalue weighted by atomic mass is 9.84. The van der Waals surface area contributed by atoms with Crippen LogP contribution >= 0.6 is 0 Å². The number of carbonyl (C=O) groups excluding carboxylic acids is 1. The molecular weight excluding hydrogens is 242 g/mol. The number of rotatable bonds is 6. The van der Waals surface area contributed by atoms with E-state index in [-0.39, 0.29) is 11.9 Å². The molecule has 1 rings (SSSR count). The molecular formula is C15H27NO3. The SMILES string of the molecule is CCCC(=O)N(CC(C)C(=O)O)C1CCCCC1C. The van der Waals surface area contributed by atoms with Crippen LogP contribution in [0.3, 0.4) is 0 Å². The van der Waals surface area contributed by atoms with E-state index in [1.54, 1.807) is 6.92 Å². The average molecular weight is 269 g/mol. The third-order valence-electron chi connectivity index (χ3n) is 4.14. The van der Waals surface area contributed by atoms with Crippen LogP contribution in [0.1, 0.15) is 59.3 Å². The Bertz CT molecular complexity index is 317. The highest BCUT2D eigenvalue weighted by atomic mass is 16.4.